The molecule has 3 amide bonds. The summed E-state index contributed by atoms with van der Waals surface area (Å²) in [6, 6.07) is 16.2. The average Bonchev–Trinajstić information content (AvgIpc) is 3.13. The molecule has 7 heteroatoms. The lowest BCUT2D eigenvalue weighted by molar-refractivity contribution is -0.180. The first-order valence-electron chi connectivity index (χ1n) is 12.7. The third-order valence-electron chi connectivity index (χ3n) is 9.20. The van der Waals surface area contributed by atoms with Crippen molar-refractivity contribution in [2.24, 2.45) is 0 Å². The van der Waals surface area contributed by atoms with Gasteiger partial charge in [0.25, 0.3) is 5.91 Å². The Labute approximate surface area is 205 Å². The van der Waals surface area contributed by atoms with Gasteiger partial charge < -0.3 is 15.2 Å². The molecule has 184 valence electrons. The summed E-state index contributed by atoms with van der Waals surface area (Å²) < 4.78 is 5.56. The van der Waals surface area contributed by atoms with Crippen LogP contribution < -0.4 is 15.4 Å². The van der Waals surface area contributed by atoms with Crippen LogP contribution in [-0.2, 0) is 23.1 Å². The van der Waals surface area contributed by atoms with Crippen LogP contribution in [0.4, 0.5) is 4.79 Å². The van der Waals surface area contributed by atoms with Crippen LogP contribution in [0.5, 0.6) is 5.75 Å². The van der Waals surface area contributed by atoms with Gasteiger partial charge in [-0.15, -0.1) is 0 Å². The number of methoxy groups -OCH3 is 1. The van der Waals surface area contributed by atoms with Gasteiger partial charge in [-0.05, 0) is 86.9 Å². The number of urea groups is 1. The molecule has 2 bridgehead atoms. The van der Waals surface area contributed by atoms with E-state index in [1.54, 1.807) is 7.11 Å². The number of hydrogen-bond acceptors (Lipinski definition) is 5. The number of carbonyl (C=O) groups is 2. The van der Waals surface area contributed by atoms with E-state index in [0.29, 0.717) is 19.3 Å². The highest BCUT2D eigenvalue weighted by atomic mass is 16.5. The summed E-state index contributed by atoms with van der Waals surface area (Å²) in [6.45, 7) is 1.77. The molecule has 3 N–H and O–H groups in total. The summed E-state index contributed by atoms with van der Waals surface area (Å²) in [4.78, 5) is 27.6. The summed E-state index contributed by atoms with van der Waals surface area (Å²) >= 11 is 0. The Hall–Kier alpha value is -2.90. The smallest absolute Gasteiger partial charge is 0.322 e. The molecule has 1 saturated carbocycles. The van der Waals surface area contributed by atoms with E-state index >= 15 is 0 Å². The normalized spacial score (nSPS) is 33.6. The maximum absolute atomic E-state index is 13.0. The summed E-state index contributed by atoms with van der Waals surface area (Å²) in [5.41, 5.74) is 1.05. The van der Waals surface area contributed by atoms with Gasteiger partial charge in [0.05, 0.1) is 12.7 Å². The molecule has 2 heterocycles. The fourth-order valence-corrected chi connectivity index (χ4v) is 7.49. The molecule has 2 aromatic carbocycles. The quantitative estimate of drug-likeness (QED) is 0.579. The Morgan fingerprint density at radius 1 is 1.11 bits per heavy atom. The number of nitrogens with one attached hydrogen (secondary N) is 2. The van der Waals surface area contributed by atoms with E-state index in [2.05, 4.69) is 51.9 Å². The Bertz CT molecular complexity index is 1170. The van der Waals surface area contributed by atoms with Crippen molar-refractivity contribution in [1.82, 2.24) is 15.5 Å². The summed E-state index contributed by atoms with van der Waals surface area (Å²) in [6.07, 6.45) is 4.86. The van der Waals surface area contributed by atoms with Crippen LogP contribution in [0.15, 0.2) is 48.5 Å². The molecule has 0 aromatic heterocycles. The molecule has 0 unspecified atom stereocenters. The lowest BCUT2D eigenvalue weighted by Gasteiger charge is -2.65. The molecule has 2 aromatic rings. The molecule has 2 saturated heterocycles. The van der Waals surface area contributed by atoms with Crippen LogP contribution in [-0.4, -0.2) is 59.3 Å². The van der Waals surface area contributed by atoms with Crippen LogP contribution in [0.1, 0.15) is 48.8 Å². The highest BCUT2D eigenvalue weighted by molar-refractivity contribution is 6.07. The van der Waals surface area contributed by atoms with Crippen LogP contribution >= 0.6 is 0 Å². The number of carbonyl (C=O) groups excluding carboxylic acids is 2. The minimum absolute atomic E-state index is 0.0227. The Morgan fingerprint density at radius 3 is 2.69 bits per heavy atom. The van der Waals surface area contributed by atoms with Crippen molar-refractivity contribution in [3.05, 3.63) is 65.2 Å². The number of piperidine rings is 1. The van der Waals surface area contributed by atoms with Gasteiger partial charge in [0.1, 0.15) is 11.3 Å². The zero-order chi connectivity index (χ0) is 24.3. The number of amides is 3. The van der Waals surface area contributed by atoms with Gasteiger partial charge >= 0.3 is 6.03 Å². The third kappa shape index (κ3) is 3.32. The summed E-state index contributed by atoms with van der Waals surface area (Å²) in [5.74, 6) is 0.486. The molecule has 3 fully saturated rings. The number of fused-ring (bicyclic) bond motifs is 1. The molecule has 2 aliphatic carbocycles. The number of aliphatic hydroxyl groups is 1. The number of likely N-dealkylation sites (tertiary alicyclic amines) is 1. The first-order valence-corrected chi connectivity index (χ1v) is 12.7. The monoisotopic (exact) mass is 475 g/mol. The maximum atomic E-state index is 13.0. The molecule has 2 aliphatic heterocycles. The van der Waals surface area contributed by atoms with Crippen molar-refractivity contribution in [3.63, 3.8) is 0 Å². The first kappa shape index (κ1) is 22.6. The number of ether oxygens (including phenoxy) is 1. The molecule has 6 rings (SSSR count). The second kappa shape index (κ2) is 8.07. The predicted octanol–water partition coefficient (Wildman–Crippen LogP) is 2.69. The van der Waals surface area contributed by atoms with Gasteiger partial charge in [-0.25, -0.2) is 4.79 Å². The van der Waals surface area contributed by atoms with E-state index in [1.165, 1.54) is 11.1 Å². The van der Waals surface area contributed by atoms with Crippen LogP contribution in [0, 0.1) is 0 Å². The number of benzene rings is 2. The van der Waals surface area contributed by atoms with Gasteiger partial charge in [0.15, 0.2) is 0 Å². The van der Waals surface area contributed by atoms with Crippen LogP contribution in [0.3, 0.4) is 0 Å². The third-order valence-corrected chi connectivity index (χ3v) is 9.20. The Morgan fingerprint density at radius 2 is 1.94 bits per heavy atom. The second-order valence-corrected chi connectivity index (χ2v) is 10.8. The average molecular weight is 476 g/mol. The highest BCUT2D eigenvalue weighted by Crippen LogP contribution is 2.60. The van der Waals surface area contributed by atoms with Crippen molar-refractivity contribution in [2.45, 2.75) is 67.5 Å². The molecule has 4 aliphatic rings. The van der Waals surface area contributed by atoms with E-state index in [4.69, 9.17) is 4.74 Å². The van der Waals surface area contributed by atoms with E-state index in [0.717, 1.165) is 50.1 Å². The summed E-state index contributed by atoms with van der Waals surface area (Å²) in [5, 5.41) is 17.9. The van der Waals surface area contributed by atoms with Crippen molar-refractivity contribution in [2.75, 3.05) is 20.2 Å². The SMILES string of the molecule is COc1ccc2c(c1)[C@]13CCN(CCCc4ccccc4)[C@H](C2)[C@]1(O)CC[C@@]1(C3)NC(=O)NC1=O. The zero-order valence-corrected chi connectivity index (χ0v) is 20.2. The topological polar surface area (TPSA) is 90.9 Å². The number of rotatable bonds is 5. The lowest BCUT2D eigenvalue weighted by Crippen LogP contribution is -2.76. The van der Waals surface area contributed by atoms with E-state index < -0.39 is 22.6 Å². The molecule has 0 radical (unpaired) electrons. The molecular formula is C28H33N3O4. The first-order chi connectivity index (χ1) is 16.9. The largest absolute Gasteiger partial charge is 0.497 e. The lowest BCUT2D eigenvalue weighted by atomic mass is 9.46. The predicted molar refractivity (Wildman–Crippen MR) is 131 cm³/mol. The minimum atomic E-state index is -0.976. The van der Waals surface area contributed by atoms with E-state index in [9.17, 15) is 14.7 Å². The Balaban J connectivity index is 1.35. The van der Waals surface area contributed by atoms with Gasteiger partial charge in [0, 0.05) is 11.5 Å². The maximum Gasteiger partial charge on any atom is 0.322 e. The number of hydrogen-bond donors (Lipinski definition) is 3. The number of imide groups is 1. The van der Waals surface area contributed by atoms with Crippen molar-refractivity contribution >= 4 is 11.9 Å². The molecular weight excluding hydrogens is 442 g/mol. The standard InChI is InChI=1S/C28H33N3O4/c1-35-21-10-9-20-16-23-28(34)12-11-27(24(32)29-25(33)30-27)18-26(28,22(20)17-21)13-15-31(23)14-5-8-19-6-3-2-4-7-19/h2-4,6-7,9-10,17,23,34H,5,8,11-16,18H2,1H3,(H2,29,30,32,33)/t23-,26-,27+,28-/m1/s1. The number of aryl methyl sites for hydroxylation is 1. The fraction of sp³-hybridized carbons (Fsp3) is 0.500. The summed E-state index contributed by atoms with van der Waals surface area (Å²) in [7, 11) is 1.65. The molecule has 1 spiro atoms. The van der Waals surface area contributed by atoms with Gasteiger partial charge in [0.2, 0.25) is 0 Å². The van der Waals surface area contributed by atoms with Gasteiger partial charge in [-0.1, -0.05) is 36.4 Å². The Kier molecular flexibility index (Phi) is 5.20. The number of nitrogens with zero attached hydrogens (tertiary/aromatic N) is 1. The fourth-order valence-electron chi connectivity index (χ4n) is 7.49. The minimum Gasteiger partial charge on any atom is -0.497 e. The highest BCUT2D eigenvalue weighted by Gasteiger charge is 2.69. The van der Waals surface area contributed by atoms with E-state index in [1.807, 2.05) is 12.1 Å². The van der Waals surface area contributed by atoms with E-state index in [-0.39, 0.29) is 11.9 Å². The molecule has 35 heavy (non-hydrogen) atoms. The zero-order valence-electron chi connectivity index (χ0n) is 20.2. The second-order valence-electron chi connectivity index (χ2n) is 10.8. The van der Waals surface area contributed by atoms with Crippen molar-refractivity contribution in [3.8, 4) is 5.75 Å². The molecule has 4 atom stereocenters. The molecule has 7 nitrogen and oxygen atoms in total. The van der Waals surface area contributed by atoms with Crippen LogP contribution in [0.2, 0.25) is 0 Å². The van der Waals surface area contributed by atoms with Crippen molar-refractivity contribution in [1.29, 1.82) is 0 Å². The van der Waals surface area contributed by atoms with Gasteiger partial charge in [-0.3, -0.25) is 15.0 Å². The van der Waals surface area contributed by atoms with Crippen LogP contribution in [0.25, 0.3) is 0 Å². The van der Waals surface area contributed by atoms with Crippen molar-refractivity contribution < 1.29 is 19.4 Å². The van der Waals surface area contributed by atoms with Gasteiger partial charge in [-0.2, -0.15) is 0 Å².